The van der Waals surface area contributed by atoms with E-state index in [0.717, 1.165) is 37.3 Å². The van der Waals surface area contributed by atoms with Gasteiger partial charge in [0.25, 0.3) is 0 Å². The van der Waals surface area contributed by atoms with Crippen LogP contribution in [0.2, 0.25) is 0 Å². The summed E-state index contributed by atoms with van der Waals surface area (Å²) < 4.78 is 0. The summed E-state index contributed by atoms with van der Waals surface area (Å²) in [7, 11) is 2.06. The van der Waals surface area contributed by atoms with Gasteiger partial charge in [0.05, 0.1) is 0 Å². The summed E-state index contributed by atoms with van der Waals surface area (Å²) in [6.07, 6.45) is 3.37. The fourth-order valence-electron chi connectivity index (χ4n) is 2.33. The number of carbonyl (C=O) groups is 1. The summed E-state index contributed by atoms with van der Waals surface area (Å²) in [5, 5.41) is 9.49. The molecule has 2 rings (SSSR count). The second-order valence-corrected chi connectivity index (χ2v) is 4.81. The van der Waals surface area contributed by atoms with Crippen LogP contribution in [0.4, 0.5) is 0 Å². The van der Waals surface area contributed by atoms with Gasteiger partial charge in [0.1, 0.15) is 6.04 Å². The standard InChI is InChI=1S/C13H19N3O2/c1-10-3-4-14-9-11(10)12(13(17)18)16-7-5-15(2)6-8-16/h3-4,9,12H,5-8H2,1-2H3,(H,17,18). The molecule has 1 unspecified atom stereocenters. The van der Waals surface area contributed by atoms with Gasteiger partial charge < -0.3 is 10.0 Å². The molecule has 0 radical (unpaired) electrons. The van der Waals surface area contributed by atoms with E-state index in [9.17, 15) is 9.90 Å². The van der Waals surface area contributed by atoms with Crippen LogP contribution in [0, 0.1) is 6.92 Å². The molecule has 0 spiro atoms. The maximum absolute atomic E-state index is 11.5. The molecule has 0 aliphatic carbocycles. The van der Waals surface area contributed by atoms with Crippen LogP contribution in [0.15, 0.2) is 18.5 Å². The molecule has 1 aromatic heterocycles. The molecule has 1 aromatic rings. The van der Waals surface area contributed by atoms with Crippen molar-refractivity contribution < 1.29 is 9.90 Å². The molecule has 1 N–H and O–H groups in total. The highest BCUT2D eigenvalue weighted by atomic mass is 16.4. The number of rotatable bonds is 3. The first-order chi connectivity index (χ1) is 8.59. The highest BCUT2D eigenvalue weighted by Crippen LogP contribution is 2.24. The quantitative estimate of drug-likeness (QED) is 0.857. The number of carboxylic acid groups (broad SMARTS) is 1. The number of pyridine rings is 1. The van der Waals surface area contributed by atoms with Gasteiger partial charge in [0, 0.05) is 44.1 Å². The number of hydrogen-bond donors (Lipinski definition) is 1. The van der Waals surface area contributed by atoms with Crippen molar-refractivity contribution in [1.82, 2.24) is 14.8 Å². The molecular weight excluding hydrogens is 230 g/mol. The van der Waals surface area contributed by atoms with Gasteiger partial charge in [0.2, 0.25) is 0 Å². The van der Waals surface area contributed by atoms with Crippen molar-refractivity contribution in [1.29, 1.82) is 0 Å². The zero-order valence-electron chi connectivity index (χ0n) is 10.8. The second-order valence-electron chi connectivity index (χ2n) is 4.81. The van der Waals surface area contributed by atoms with E-state index < -0.39 is 12.0 Å². The lowest BCUT2D eigenvalue weighted by Crippen LogP contribution is -2.48. The third-order valence-electron chi connectivity index (χ3n) is 3.51. The van der Waals surface area contributed by atoms with Gasteiger partial charge in [0.15, 0.2) is 0 Å². The highest BCUT2D eigenvalue weighted by molar-refractivity contribution is 5.76. The number of aryl methyl sites for hydroxylation is 1. The maximum Gasteiger partial charge on any atom is 0.325 e. The summed E-state index contributed by atoms with van der Waals surface area (Å²) in [4.78, 5) is 19.8. The predicted octanol–water partition coefficient (Wildman–Crippen LogP) is 0.763. The Morgan fingerprint density at radius 2 is 2.06 bits per heavy atom. The number of hydrogen-bond acceptors (Lipinski definition) is 4. The number of nitrogens with zero attached hydrogens (tertiary/aromatic N) is 3. The smallest absolute Gasteiger partial charge is 0.325 e. The lowest BCUT2D eigenvalue weighted by Gasteiger charge is -2.36. The zero-order valence-corrected chi connectivity index (χ0v) is 10.8. The SMILES string of the molecule is Cc1ccncc1C(C(=O)O)N1CCN(C)CC1. The van der Waals surface area contributed by atoms with E-state index in [0.29, 0.717) is 0 Å². The van der Waals surface area contributed by atoms with E-state index in [4.69, 9.17) is 0 Å². The lowest BCUT2D eigenvalue weighted by atomic mass is 10.0. The van der Waals surface area contributed by atoms with Crippen molar-refractivity contribution in [2.45, 2.75) is 13.0 Å². The van der Waals surface area contributed by atoms with Crippen LogP contribution in [-0.4, -0.2) is 59.1 Å². The summed E-state index contributed by atoms with van der Waals surface area (Å²) in [6.45, 7) is 5.30. The normalized spacial score (nSPS) is 19.7. The zero-order chi connectivity index (χ0) is 13.1. The molecule has 98 valence electrons. The van der Waals surface area contributed by atoms with Crippen molar-refractivity contribution in [2.24, 2.45) is 0 Å². The molecule has 1 aliphatic heterocycles. The Morgan fingerprint density at radius 1 is 1.39 bits per heavy atom. The Morgan fingerprint density at radius 3 is 2.61 bits per heavy atom. The van der Waals surface area contributed by atoms with Gasteiger partial charge in [-0.15, -0.1) is 0 Å². The fraction of sp³-hybridized carbons (Fsp3) is 0.538. The Bertz CT molecular complexity index is 428. The molecule has 5 heteroatoms. The molecule has 5 nitrogen and oxygen atoms in total. The molecular formula is C13H19N3O2. The molecule has 0 aromatic carbocycles. The summed E-state index contributed by atoms with van der Waals surface area (Å²) >= 11 is 0. The Kier molecular flexibility index (Phi) is 3.93. The van der Waals surface area contributed by atoms with Crippen molar-refractivity contribution in [2.75, 3.05) is 33.2 Å². The third-order valence-corrected chi connectivity index (χ3v) is 3.51. The molecule has 18 heavy (non-hydrogen) atoms. The van der Waals surface area contributed by atoms with Crippen LogP contribution in [0.25, 0.3) is 0 Å². The van der Waals surface area contributed by atoms with Gasteiger partial charge in [-0.05, 0) is 25.6 Å². The van der Waals surface area contributed by atoms with Crippen LogP contribution < -0.4 is 0 Å². The molecule has 0 bridgehead atoms. The topological polar surface area (TPSA) is 56.7 Å². The minimum Gasteiger partial charge on any atom is -0.480 e. The van der Waals surface area contributed by atoms with E-state index in [2.05, 4.69) is 16.9 Å². The van der Waals surface area contributed by atoms with E-state index in [-0.39, 0.29) is 0 Å². The van der Waals surface area contributed by atoms with Gasteiger partial charge in [-0.3, -0.25) is 14.7 Å². The van der Waals surface area contributed by atoms with Crippen molar-refractivity contribution in [3.05, 3.63) is 29.6 Å². The molecule has 1 atom stereocenters. The number of likely N-dealkylation sites (N-methyl/N-ethyl adjacent to an activating group) is 1. The number of aliphatic carboxylic acids is 1. The monoisotopic (exact) mass is 249 g/mol. The first-order valence-corrected chi connectivity index (χ1v) is 6.15. The van der Waals surface area contributed by atoms with Crippen LogP contribution in [-0.2, 0) is 4.79 Å². The van der Waals surface area contributed by atoms with E-state index in [1.54, 1.807) is 12.4 Å². The average molecular weight is 249 g/mol. The third kappa shape index (κ3) is 2.68. The minimum atomic E-state index is -0.796. The Hall–Kier alpha value is -1.46. The second kappa shape index (κ2) is 5.46. The average Bonchev–Trinajstić information content (AvgIpc) is 2.34. The number of carboxylic acids is 1. The maximum atomic E-state index is 11.5. The summed E-state index contributed by atoms with van der Waals surface area (Å²) in [5.74, 6) is -0.796. The van der Waals surface area contributed by atoms with Crippen molar-refractivity contribution in [3.8, 4) is 0 Å². The van der Waals surface area contributed by atoms with Crippen LogP contribution >= 0.6 is 0 Å². The Labute approximate surface area is 107 Å². The van der Waals surface area contributed by atoms with Crippen LogP contribution in [0.3, 0.4) is 0 Å². The molecule has 1 fully saturated rings. The summed E-state index contributed by atoms with van der Waals surface area (Å²) in [5.41, 5.74) is 1.78. The van der Waals surface area contributed by atoms with E-state index in [1.165, 1.54) is 0 Å². The fourth-order valence-corrected chi connectivity index (χ4v) is 2.33. The molecule has 0 amide bonds. The van der Waals surface area contributed by atoms with Gasteiger partial charge in [-0.2, -0.15) is 0 Å². The predicted molar refractivity (Wildman–Crippen MR) is 68.4 cm³/mol. The van der Waals surface area contributed by atoms with Crippen molar-refractivity contribution >= 4 is 5.97 Å². The van der Waals surface area contributed by atoms with Gasteiger partial charge >= 0.3 is 5.97 Å². The Balaban J connectivity index is 2.24. The lowest BCUT2D eigenvalue weighted by molar-refractivity contribution is -0.144. The van der Waals surface area contributed by atoms with Gasteiger partial charge in [-0.1, -0.05) is 0 Å². The molecule has 1 aliphatic rings. The highest BCUT2D eigenvalue weighted by Gasteiger charge is 2.30. The van der Waals surface area contributed by atoms with Crippen LogP contribution in [0.1, 0.15) is 17.2 Å². The molecule has 2 heterocycles. The van der Waals surface area contributed by atoms with E-state index >= 15 is 0 Å². The summed E-state index contributed by atoms with van der Waals surface area (Å²) in [6, 6.07) is 1.29. The minimum absolute atomic E-state index is 0.576. The largest absolute Gasteiger partial charge is 0.480 e. The number of aromatic nitrogens is 1. The number of piperazine rings is 1. The first-order valence-electron chi connectivity index (χ1n) is 6.15. The van der Waals surface area contributed by atoms with E-state index in [1.807, 2.05) is 17.9 Å². The van der Waals surface area contributed by atoms with Gasteiger partial charge in [-0.25, -0.2) is 0 Å². The van der Waals surface area contributed by atoms with Crippen LogP contribution in [0.5, 0.6) is 0 Å². The van der Waals surface area contributed by atoms with Crippen molar-refractivity contribution in [3.63, 3.8) is 0 Å². The first kappa shape index (κ1) is 13.0. The molecule has 0 saturated carbocycles. The molecule has 1 saturated heterocycles.